The van der Waals surface area contributed by atoms with Crippen LogP contribution in [0.2, 0.25) is 0 Å². The summed E-state index contributed by atoms with van der Waals surface area (Å²) in [6.45, 7) is 4.25. The molecule has 0 unspecified atom stereocenters. The number of methoxy groups -OCH3 is 1. The third kappa shape index (κ3) is 4.32. The summed E-state index contributed by atoms with van der Waals surface area (Å²) in [5, 5.41) is 0. The maximum Gasteiger partial charge on any atom is 0.263 e. The van der Waals surface area contributed by atoms with Crippen molar-refractivity contribution >= 4 is 23.2 Å². The van der Waals surface area contributed by atoms with E-state index >= 15 is 0 Å². The van der Waals surface area contributed by atoms with Gasteiger partial charge in [-0.15, -0.1) is 11.3 Å². The molecule has 2 atom stereocenters. The number of hydrogen-bond donors (Lipinski definition) is 0. The Morgan fingerprint density at radius 3 is 2.66 bits per heavy atom. The molecule has 2 saturated heterocycles. The molecule has 6 heteroatoms. The highest BCUT2D eigenvalue weighted by Crippen LogP contribution is 2.32. The van der Waals surface area contributed by atoms with Gasteiger partial charge in [-0.05, 0) is 61.9 Å². The molecule has 2 aromatic rings. The monoisotopic (exact) mass is 412 g/mol. The van der Waals surface area contributed by atoms with E-state index in [0.717, 1.165) is 54.4 Å². The second-order valence-corrected chi connectivity index (χ2v) is 9.29. The molecule has 2 aliphatic rings. The fourth-order valence-electron chi connectivity index (χ4n) is 4.57. The maximum absolute atomic E-state index is 12.8. The van der Waals surface area contributed by atoms with Gasteiger partial charge in [-0.1, -0.05) is 12.1 Å². The molecular formula is C23H28N2O3S. The number of amides is 2. The van der Waals surface area contributed by atoms with Crippen LogP contribution in [0.15, 0.2) is 36.4 Å². The third-order valence-corrected chi connectivity index (χ3v) is 7.17. The highest BCUT2D eigenvalue weighted by molar-refractivity contribution is 7.13. The molecule has 0 radical (unpaired) electrons. The molecule has 29 heavy (non-hydrogen) atoms. The SMILES string of the molecule is COc1ccc(CCN2C(=O)CC[C@H]3CN(C(=O)c4ccc(C)s4)CC[C@H]32)cc1. The van der Waals surface area contributed by atoms with Crippen LogP contribution in [0.5, 0.6) is 5.75 Å². The molecule has 0 spiro atoms. The molecular weight excluding hydrogens is 384 g/mol. The predicted octanol–water partition coefficient (Wildman–Crippen LogP) is 3.76. The van der Waals surface area contributed by atoms with Crippen molar-refractivity contribution in [2.75, 3.05) is 26.7 Å². The molecule has 0 bridgehead atoms. The minimum atomic E-state index is 0.142. The van der Waals surface area contributed by atoms with E-state index in [-0.39, 0.29) is 17.9 Å². The number of aryl methyl sites for hydroxylation is 1. The molecule has 4 rings (SSSR count). The van der Waals surface area contributed by atoms with Gasteiger partial charge in [0.05, 0.1) is 12.0 Å². The van der Waals surface area contributed by atoms with Gasteiger partial charge in [0.2, 0.25) is 5.91 Å². The van der Waals surface area contributed by atoms with E-state index in [1.54, 1.807) is 18.4 Å². The van der Waals surface area contributed by atoms with E-state index < -0.39 is 0 Å². The first-order chi connectivity index (χ1) is 14.0. The van der Waals surface area contributed by atoms with Gasteiger partial charge in [-0.3, -0.25) is 9.59 Å². The van der Waals surface area contributed by atoms with Crippen LogP contribution >= 0.6 is 11.3 Å². The zero-order chi connectivity index (χ0) is 20.4. The lowest BCUT2D eigenvalue weighted by Crippen LogP contribution is -2.57. The number of benzene rings is 1. The highest BCUT2D eigenvalue weighted by atomic mass is 32.1. The summed E-state index contributed by atoms with van der Waals surface area (Å²) in [6, 6.07) is 12.2. The number of hydrogen-bond acceptors (Lipinski definition) is 4. The summed E-state index contributed by atoms with van der Waals surface area (Å²) in [4.78, 5) is 31.5. The number of piperidine rings is 2. The van der Waals surface area contributed by atoms with Gasteiger partial charge in [0.25, 0.3) is 5.91 Å². The van der Waals surface area contributed by atoms with Crippen LogP contribution in [0.25, 0.3) is 0 Å². The molecule has 0 saturated carbocycles. The Morgan fingerprint density at radius 2 is 1.97 bits per heavy atom. The van der Waals surface area contributed by atoms with Crippen LogP contribution in [-0.4, -0.2) is 54.4 Å². The number of fused-ring (bicyclic) bond motifs is 1. The van der Waals surface area contributed by atoms with Crippen LogP contribution in [0, 0.1) is 12.8 Å². The molecule has 3 heterocycles. The molecule has 1 aromatic heterocycles. The minimum Gasteiger partial charge on any atom is -0.497 e. The second kappa shape index (κ2) is 8.57. The highest BCUT2D eigenvalue weighted by Gasteiger charge is 2.40. The van der Waals surface area contributed by atoms with E-state index in [1.165, 1.54) is 5.56 Å². The predicted molar refractivity (Wildman–Crippen MR) is 114 cm³/mol. The van der Waals surface area contributed by atoms with Crippen LogP contribution in [0.3, 0.4) is 0 Å². The minimum absolute atomic E-state index is 0.142. The summed E-state index contributed by atoms with van der Waals surface area (Å²) in [7, 11) is 1.66. The summed E-state index contributed by atoms with van der Waals surface area (Å²) < 4.78 is 5.22. The lowest BCUT2D eigenvalue weighted by Gasteiger charge is -2.47. The van der Waals surface area contributed by atoms with E-state index in [4.69, 9.17) is 4.74 Å². The zero-order valence-corrected chi connectivity index (χ0v) is 17.9. The van der Waals surface area contributed by atoms with Crippen LogP contribution in [-0.2, 0) is 11.2 Å². The molecule has 2 fully saturated rings. The maximum atomic E-state index is 12.8. The fourth-order valence-corrected chi connectivity index (χ4v) is 5.41. The summed E-state index contributed by atoms with van der Waals surface area (Å²) in [6.07, 6.45) is 3.19. The second-order valence-electron chi connectivity index (χ2n) is 8.00. The lowest BCUT2D eigenvalue weighted by molar-refractivity contribution is -0.140. The molecule has 0 aliphatic carbocycles. The fraction of sp³-hybridized carbons (Fsp3) is 0.478. The number of thiophene rings is 1. The lowest BCUT2D eigenvalue weighted by atomic mass is 9.83. The Kier molecular flexibility index (Phi) is 5.90. The largest absolute Gasteiger partial charge is 0.497 e. The number of carbonyl (C=O) groups is 2. The molecule has 2 amide bonds. The van der Waals surface area contributed by atoms with Gasteiger partial charge >= 0.3 is 0 Å². The Morgan fingerprint density at radius 1 is 1.17 bits per heavy atom. The normalized spacial score (nSPS) is 21.8. The first kappa shape index (κ1) is 20.0. The molecule has 1 aromatic carbocycles. The van der Waals surface area contributed by atoms with E-state index in [2.05, 4.69) is 17.0 Å². The van der Waals surface area contributed by atoms with Crippen molar-refractivity contribution in [1.29, 1.82) is 0 Å². The van der Waals surface area contributed by atoms with Crippen molar-refractivity contribution in [3.63, 3.8) is 0 Å². The zero-order valence-electron chi connectivity index (χ0n) is 17.1. The number of carbonyl (C=O) groups excluding carboxylic acids is 2. The van der Waals surface area contributed by atoms with Crippen molar-refractivity contribution in [3.8, 4) is 5.75 Å². The molecule has 0 N–H and O–H groups in total. The van der Waals surface area contributed by atoms with Gasteiger partial charge in [0.1, 0.15) is 5.75 Å². The number of ether oxygens (including phenoxy) is 1. The molecule has 154 valence electrons. The van der Waals surface area contributed by atoms with Crippen molar-refractivity contribution in [3.05, 3.63) is 51.7 Å². The summed E-state index contributed by atoms with van der Waals surface area (Å²) >= 11 is 1.56. The van der Waals surface area contributed by atoms with Gasteiger partial charge < -0.3 is 14.5 Å². The first-order valence-electron chi connectivity index (χ1n) is 10.3. The first-order valence-corrected chi connectivity index (χ1v) is 11.1. The standard InChI is InChI=1S/C23H28N2O3S/c1-16-3-9-21(29-16)23(27)24-13-12-20-18(15-24)6-10-22(26)25(20)14-11-17-4-7-19(28-2)8-5-17/h3-5,7-9,18,20H,6,10-15H2,1-2H3/t18-,20+/m0/s1. The van der Waals surface area contributed by atoms with Crippen molar-refractivity contribution in [2.24, 2.45) is 5.92 Å². The van der Waals surface area contributed by atoms with Crippen LogP contribution in [0.1, 0.15) is 39.4 Å². The Hall–Kier alpha value is -2.34. The van der Waals surface area contributed by atoms with E-state index in [9.17, 15) is 9.59 Å². The average molecular weight is 413 g/mol. The average Bonchev–Trinajstić information content (AvgIpc) is 3.19. The molecule has 2 aliphatic heterocycles. The number of nitrogens with zero attached hydrogens (tertiary/aromatic N) is 2. The van der Waals surface area contributed by atoms with Gasteiger partial charge in [-0.25, -0.2) is 0 Å². The summed E-state index contributed by atoms with van der Waals surface area (Å²) in [5.41, 5.74) is 1.21. The van der Waals surface area contributed by atoms with Crippen LogP contribution < -0.4 is 4.74 Å². The van der Waals surface area contributed by atoms with Crippen molar-refractivity contribution < 1.29 is 14.3 Å². The number of likely N-dealkylation sites (tertiary alicyclic amines) is 2. The van der Waals surface area contributed by atoms with E-state index in [0.29, 0.717) is 12.3 Å². The Labute approximate surface area is 176 Å². The van der Waals surface area contributed by atoms with Crippen LogP contribution in [0.4, 0.5) is 0 Å². The Balaban J connectivity index is 1.39. The summed E-state index contributed by atoms with van der Waals surface area (Å²) in [5.74, 6) is 1.62. The Bertz CT molecular complexity index is 877. The van der Waals surface area contributed by atoms with Gasteiger partial charge in [0, 0.05) is 37.0 Å². The smallest absolute Gasteiger partial charge is 0.263 e. The van der Waals surface area contributed by atoms with Crippen molar-refractivity contribution in [2.45, 2.75) is 38.6 Å². The molecule has 5 nitrogen and oxygen atoms in total. The van der Waals surface area contributed by atoms with Gasteiger partial charge in [-0.2, -0.15) is 0 Å². The topological polar surface area (TPSA) is 49.9 Å². The number of rotatable bonds is 5. The van der Waals surface area contributed by atoms with Gasteiger partial charge in [0.15, 0.2) is 0 Å². The quantitative estimate of drug-likeness (QED) is 0.751. The van der Waals surface area contributed by atoms with E-state index in [1.807, 2.05) is 36.1 Å². The third-order valence-electron chi connectivity index (χ3n) is 6.18. The van der Waals surface area contributed by atoms with Crippen molar-refractivity contribution in [1.82, 2.24) is 9.80 Å².